The van der Waals surface area contributed by atoms with E-state index in [0.717, 1.165) is 19.5 Å². The molecule has 1 fully saturated rings. The number of carboxylic acid groups (broad SMARTS) is 1. The summed E-state index contributed by atoms with van der Waals surface area (Å²) in [5.74, 6) is -0.111. The van der Waals surface area contributed by atoms with Crippen molar-refractivity contribution in [3.63, 3.8) is 0 Å². The van der Waals surface area contributed by atoms with Gasteiger partial charge < -0.3 is 15.3 Å². The van der Waals surface area contributed by atoms with Crippen molar-refractivity contribution in [3.8, 4) is 0 Å². The molecule has 0 aromatic rings. The van der Waals surface area contributed by atoms with E-state index in [1.807, 2.05) is 0 Å². The summed E-state index contributed by atoms with van der Waals surface area (Å²) < 4.78 is 0. The summed E-state index contributed by atoms with van der Waals surface area (Å²) in [5.41, 5.74) is 0. The molecule has 1 saturated heterocycles. The molecule has 2 atom stereocenters. The second-order valence-corrected chi connectivity index (χ2v) is 4.23. The number of nitrogens with one attached hydrogen (secondary N) is 1. The van der Waals surface area contributed by atoms with Gasteiger partial charge in [-0.15, -0.1) is 0 Å². The molecular formula is C10H20N2O2. The molecule has 4 nitrogen and oxygen atoms in total. The number of hydrogen-bond donors (Lipinski definition) is 2. The van der Waals surface area contributed by atoms with E-state index in [2.05, 4.69) is 24.2 Å². The van der Waals surface area contributed by atoms with Crippen LogP contribution in [0.1, 0.15) is 19.8 Å². The first-order valence-electron chi connectivity index (χ1n) is 5.23. The van der Waals surface area contributed by atoms with Crippen molar-refractivity contribution in [2.24, 2.45) is 5.92 Å². The van der Waals surface area contributed by atoms with Crippen LogP contribution < -0.4 is 5.32 Å². The number of hydrogen-bond acceptors (Lipinski definition) is 3. The molecule has 0 aliphatic carbocycles. The zero-order valence-electron chi connectivity index (χ0n) is 8.99. The van der Waals surface area contributed by atoms with Gasteiger partial charge in [-0.3, -0.25) is 4.79 Å². The van der Waals surface area contributed by atoms with Gasteiger partial charge in [0.15, 0.2) is 0 Å². The molecule has 1 aliphatic rings. The van der Waals surface area contributed by atoms with Gasteiger partial charge in [-0.05, 0) is 25.9 Å². The highest BCUT2D eigenvalue weighted by Crippen LogP contribution is 2.14. The summed E-state index contributed by atoms with van der Waals surface area (Å²) in [6.45, 7) is 5.02. The average molecular weight is 200 g/mol. The summed E-state index contributed by atoms with van der Waals surface area (Å²) in [4.78, 5) is 12.6. The number of carbonyl (C=O) groups is 1. The van der Waals surface area contributed by atoms with Crippen molar-refractivity contribution in [1.82, 2.24) is 10.2 Å². The van der Waals surface area contributed by atoms with Crippen LogP contribution in [0.4, 0.5) is 0 Å². The van der Waals surface area contributed by atoms with Crippen LogP contribution in [0.15, 0.2) is 0 Å². The number of likely N-dealkylation sites (tertiary alicyclic amines) is 1. The molecular weight excluding hydrogens is 180 g/mol. The Morgan fingerprint density at radius 3 is 2.93 bits per heavy atom. The second-order valence-electron chi connectivity index (χ2n) is 4.23. The fourth-order valence-corrected chi connectivity index (χ4v) is 2.02. The Morgan fingerprint density at radius 1 is 1.64 bits per heavy atom. The number of nitrogens with zero attached hydrogens (tertiary/aromatic N) is 1. The van der Waals surface area contributed by atoms with E-state index < -0.39 is 5.97 Å². The average Bonchev–Trinajstić information content (AvgIpc) is 2.08. The van der Waals surface area contributed by atoms with Crippen LogP contribution in [0.5, 0.6) is 0 Å². The highest BCUT2D eigenvalue weighted by molar-refractivity contribution is 5.66. The molecule has 0 radical (unpaired) electrons. The molecule has 0 aromatic heterocycles. The van der Waals surface area contributed by atoms with E-state index in [9.17, 15) is 4.79 Å². The van der Waals surface area contributed by atoms with Gasteiger partial charge in [0.25, 0.3) is 0 Å². The second kappa shape index (κ2) is 5.32. The zero-order valence-corrected chi connectivity index (χ0v) is 8.99. The van der Waals surface area contributed by atoms with Gasteiger partial charge in [-0.1, -0.05) is 6.92 Å². The van der Waals surface area contributed by atoms with Crippen LogP contribution in [-0.2, 0) is 4.79 Å². The third-order valence-corrected chi connectivity index (χ3v) is 2.85. The fourth-order valence-electron chi connectivity index (χ4n) is 2.02. The minimum Gasteiger partial charge on any atom is -0.481 e. The van der Waals surface area contributed by atoms with E-state index in [-0.39, 0.29) is 6.42 Å². The Labute approximate surface area is 85.3 Å². The molecule has 0 saturated carbocycles. The molecule has 2 N–H and O–H groups in total. The first-order chi connectivity index (χ1) is 6.59. The van der Waals surface area contributed by atoms with E-state index in [1.54, 1.807) is 0 Å². The lowest BCUT2D eigenvalue weighted by atomic mass is 9.94. The van der Waals surface area contributed by atoms with Crippen LogP contribution in [0.3, 0.4) is 0 Å². The highest BCUT2D eigenvalue weighted by atomic mass is 16.4. The SMILES string of the molecule is CC1CN(C)CCC1NCCC(=O)O. The Kier molecular flexibility index (Phi) is 4.35. The normalized spacial score (nSPS) is 29.0. The van der Waals surface area contributed by atoms with Crippen molar-refractivity contribution in [2.45, 2.75) is 25.8 Å². The van der Waals surface area contributed by atoms with Gasteiger partial charge >= 0.3 is 5.97 Å². The summed E-state index contributed by atoms with van der Waals surface area (Å²) in [5, 5.41) is 11.8. The molecule has 2 unspecified atom stereocenters. The lowest BCUT2D eigenvalue weighted by Gasteiger charge is -2.35. The van der Waals surface area contributed by atoms with Gasteiger partial charge in [0.2, 0.25) is 0 Å². The summed E-state index contributed by atoms with van der Waals surface area (Å²) >= 11 is 0. The zero-order chi connectivity index (χ0) is 10.6. The van der Waals surface area contributed by atoms with Crippen LogP contribution >= 0.6 is 0 Å². The molecule has 14 heavy (non-hydrogen) atoms. The van der Waals surface area contributed by atoms with Crippen molar-refractivity contribution in [3.05, 3.63) is 0 Å². The number of rotatable bonds is 4. The quantitative estimate of drug-likeness (QED) is 0.689. The van der Waals surface area contributed by atoms with Crippen molar-refractivity contribution in [1.29, 1.82) is 0 Å². The molecule has 0 aromatic carbocycles. The van der Waals surface area contributed by atoms with E-state index in [1.165, 1.54) is 0 Å². The predicted molar refractivity (Wildman–Crippen MR) is 55.3 cm³/mol. The van der Waals surface area contributed by atoms with E-state index in [4.69, 9.17) is 5.11 Å². The first kappa shape index (κ1) is 11.5. The molecule has 82 valence electrons. The number of piperidine rings is 1. The lowest BCUT2D eigenvalue weighted by Crippen LogP contribution is -2.47. The fraction of sp³-hybridized carbons (Fsp3) is 0.900. The molecule has 0 bridgehead atoms. The van der Waals surface area contributed by atoms with Crippen LogP contribution in [0.25, 0.3) is 0 Å². The van der Waals surface area contributed by atoms with Gasteiger partial charge in [-0.2, -0.15) is 0 Å². The third kappa shape index (κ3) is 3.64. The van der Waals surface area contributed by atoms with Crippen molar-refractivity contribution < 1.29 is 9.90 Å². The molecule has 0 amide bonds. The molecule has 0 spiro atoms. The maximum Gasteiger partial charge on any atom is 0.304 e. The Bertz CT molecular complexity index is 197. The minimum atomic E-state index is -0.724. The summed E-state index contributed by atoms with van der Waals surface area (Å²) in [6.07, 6.45) is 1.34. The summed E-state index contributed by atoms with van der Waals surface area (Å²) in [6, 6.07) is 0.491. The van der Waals surface area contributed by atoms with Gasteiger partial charge in [0.05, 0.1) is 6.42 Å². The topological polar surface area (TPSA) is 52.6 Å². The first-order valence-corrected chi connectivity index (χ1v) is 5.23. The molecule has 1 heterocycles. The largest absolute Gasteiger partial charge is 0.481 e. The maximum absolute atomic E-state index is 10.3. The third-order valence-electron chi connectivity index (χ3n) is 2.85. The highest BCUT2D eigenvalue weighted by Gasteiger charge is 2.23. The standard InChI is InChI=1S/C10H20N2O2/c1-8-7-12(2)6-4-9(8)11-5-3-10(13)14/h8-9,11H,3-7H2,1-2H3,(H,13,14). The maximum atomic E-state index is 10.3. The van der Waals surface area contributed by atoms with Crippen LogP contribution in [0, 0.1) is 5.92 Å². The number of carboxylic acids is 1. The van der Waals surface area contributed by atoms with Crippen LogP contribution in [0.2, 0.25) is 0 Å². The smallest absolute Gasteiger partial charge is 0.304 e. The van der Waals surface area contributed by atoms with E-state index in [0.29, 0.717) is 18.5 Å². The Morgan fingerprint density at radius 2 is 2.36 bits per heavy atom. The van der Waals surface area contributed by atoms with Gasteiger partial charge in [0.1, 0.15) is 0 Å². The van der Waals surface area contributed by atoms with Gasteiger partial charge in [0, 0.05) is 19.1 Å². The molecule has 4 heteroatoms. The summed E-state index contributed by atoms with van der Waals surface area (Å²) in [7, 11) is 2.13. The minimum absolute atomic E-state index is 0.221. The predicted octanol–water partition coefficient (Wildman–Crippen LogP) is 0.391. The van der Waals surface area contributed by atoms with Gasteiger partial charge in [-0.25, -0.2) is 0 Å². The lowest BCUT2D eigenvalue weighted by molar-refractivity contribution is -0.136. The Hall–Kier alpha value is -0.610. The monoisotopic (exact) mass is 200 g/mol. The molecule has 1 aliphatic heterocycles. The van der Waals surface area contributed by atoms with E-state index >= 15 is 0 Å². The van der Waals surface area contributed by atoms with Crippen LogP contribution in [-0.4, -0.2) is 48.7 Å². The Balaban J connectivity index is 2.20. The number of aliphatic carboxylic acids is 1. The van der Waals surface area contributed by atoms with Crippen molar-refractivity contribution >= 4 is 5.97 Å². The van der Waals surface area contributed by atoms with Crippen molar-refractivity contribution in [2.75, 3.05) is 26.7 Å². The molecule has 1 rings (SSSR count).